The molecule has 0 fully saturated rings. The fraction of sp³-hybridized carbons (Fsp3) is 0.556. The summed E-state index contributed by atoms with van der Waals surface area (Å²) in [6, 6.07) is 0. The van der Waals surface area contributed by atoms with Crippen molar-refractivity contribution in [3.63, 3.8) is 0 Å². The van der Waals surface area contributed by atoms with Gasteiger partial charge in [0.25, 0.3) is 5.71 Å². The van der Waals surface area contributed by atoms with Crippen molar-refractivity contribution in [2.24, 2.45) is 0 Å². The van der Waals surface area contributed by atoms with E-state index < -0.39 is 0 Å². The Hall–Kier alpha value is -1.52. The van der Waals surface area contributed by atoms with Gasteiger partial charge in [0.05, 0.1) is 6.20 Å². The Bertz CT molecular complexity index is 388. The van der Waals surface area contributed by atoms with Gasteiger partial charge in [0.15, 0.2) is 5.52 Å². The molecule has 2 aromatic rings. The molecule has 0 N–H and O–H groups in total. The van der Waals surface area contributed by atoms with Gasteiger partial charge >= 0.3 is 0 Å². The number of nitrogens with zero attached hydrogens (tertiary/aromatic N) is 4. The van der Waals surface area contributed by atoms with E-state index in [0.29, 0.717) is 17.1 Å². The minimum atomic E-state index is 0.365. The second kappa shape index (κ2) is 3.69. The van der Waals surface area contributed by atoms with Crippen molar-refractivity contribution in [2.75, 3.05) is 0 Å². The Kier molecular flexibility index (Phi) is 2.39. The summed E-state index contributed by atoms with van der Waals surface area (Å²) in [4.78, 5) is 4.32. The van der Waals surface area contributed by atoms with Crippen LogP contribution in [0, 0.1) is 0 Å². The quantitative estimate of drug-likeness (QED) is 0.743. The molecule has 0 aliphatic rings. The summed E-state index contributed by atoms with van der Waals surface area (Å²) in [5.41, 5.74) is 1.16. The zero-order valence-electron chi connectivity index (χ0n) is 8.27. The first kappa shape index (κ1) is 9.05. The van der Waals surface area contributed by atoms with Crippen molar-refractivity contribution in [3.8, 4) is 0 Å². The monoisotopic (exact) mass is 192 g/mol. The molecule has 0 atom stereocenters. The first-order chi connectivity index (χ1) is 6.85. The van der Waals surface area contributed by atoms with Crippen LogP contribution in [0.25, 0.3) is 11.2 Å². The lowest BCUT2D eigenvalue weighted by atomic mass is 10.0. The maximum Gasteiger partial charge on any atom is 0.269 e. The highest BCUT2D eigenvalue weighted by Crippen LogP contribution is 2.24. The second-order valence-corrected chi connectivity index (χ2v) is 3.19. The van der Waals surface area contributed by atoms with E-state index in [1.165, 1.54) is 0 Å². The van der Waals surface area contributed by atoms with Crippen LogP contribution in [0.15, 0.2) is 10.6 Å². The second-order valence-electron chi connectivity index (χ2n) is 3.19. The van der Waals surface area contributed by atoms with Gasteiger partial charge in [0.2, 0.25) is 5.89 Å². The Morgan fingerprint density at radius 3 is 2.79 bits per heavy atom. The maximum atomic E-state index is 5.49. The Morgan fingerprint density at radius 1 is 1.36 bits per heavy atom. The van der Waals surface area contributed by atoms with Gasteiger partial charge in [0, 0.05) is 5.92 Å². The molecule has 2 rings (SSSR count). The van der Waals surface area contributed by atoms with Crippen molar-refractivity contribution in [1.29, 1.82) is 0 Å². The van der Waals surface area contributed by atoms with E-state index in [9.17, 15) is 0 Å². The summed E-state index contributed by atoms with van der Waals surface area (Å²) in [5.74, 6) is 1.11. The highest BCUT2D eigenvalue weighted by atomic mass is 16.4. The summed E-state index contributed by atoms with van der Waals surface area (Å²) in [6.07, 6.45) is 3.60. The van der Waals surface area contributed by atoms with Crippen LogP contribution in [0.2, 0.25) is 0 Å². The molecule has 0 saturated carbocycles. The van der Waals surface area contributed by atoms with Gasteiger partial charge in [0.1, 0.15) is 0 Å². The number of rotatable bonds is 3. The van der Waals surface area contributed by atoms with Crippen molar-refractivity contribution >= 4 is 11.2 Å². The molecule has 0 saturated heterocycles. The molecule has 0 amide bonds. The number of hydrogen-bond acceptors (Lipinski definition) is 5. The van der Waals surface area contributed by atoms with Gasteiger partial charge in [-0.25, -0.2) is 4.98 Å². The van der Waals surface area contributed by atoms with Crippen molar-refractivity contribution in [3.05, 3.63) is 12.1 Å². The molecule has 2 aromatic heterocycles. The average molecular weight is 192 g/mol. The van der Waals surface area contributed by atoms with Gasteiger partial charge in [-0.3, -0.25) is 0 Å². The molecule has 0 unspecified atom stereocenters. The molecule has 74 valence electrons. The van der Waals surface area contributed by atoms with E-state index in [4.69, 9.17) is 4.42 Å². The van der Waals surface area contributed by atoms with Gasteiger partial charge in [-0.05, 0) is 18.1 Å². The van der Waals surface area contributed by atoms with E-state index in [1.54, 1.807) is 6.20 Å². The minimum Gasteiger partial charge on any atom is -0.421 e. The summed E-state index contributed by atoms with van der Waals surface area (Å²) in [7, 11) is 0. The van der Waals surface area contributed by atoms with Crippen LogP contribution < -0.4 is 0 Å². The maximum absolute atomic E-state index is 5.49. The highest BCUT2D eigenvalue weighted by molar-refractivity contribution is 5.65. The Morgan fingerprint density at radius 2 is 2.14 bits per heavy atom. The third kappa shape index (κ3) is 1.45. The van der Waals surface area contributed by atoms with E-state index in [-0.39, 0.29) is 0 Å². The SMILES string of the molecule is CCC(CC)c1nc2cnnnc2o1. The van der Waals surface area contributed by atoms with Crippen LogP contribution in [0.3, 0.4) is 0 Å². The van der Waals surface area contributed by atoms with Crippen molar-refractivity contribution < 1.29 is 4.42 Å². The van der Waals surface area contributed by atoms with E-state index >= 15 is 0 Å². The molecule has 5 nitrogen and oxygen atoms in total. The number of oxazole rings is 1. The third-order valence-corrected chi connectivity index (χ3v) is 2.35. The smallest absolute Gasteiger partial charge is 0.269 e. The summed E-state index contributed by atoms with van der Waals surface area (Å²) in [5, 5.41) is 10.9. The summed E-state index contributed by atoms with van der Waals surface area (Å²) in [6.45, 7) is 4.24. The Balaban J connectivity index is 2.43. The predicted molar refractivity (Wildman–Crippen MR) is 50.7 cm³/mol. The molecule has 0 bridgehead atoms. The fourth-order valence-electron chi connectivity index (χ4n) is 1.46. The summed E-state index contributed by atoms with van der Waals surface area (Å²) >= 11 is 0. The average Bonchev–Trinajstić information content (AvgIpc) is 2.63. The standard InChI is InChI=1S/C9H12N4O/c1-3-6(4-2)8-11-7-5-10-13-12-9(7)14-8/h5-6H,3-4H2,1-2H3. The van der Waals surface area contributed by atoms with Crippen LogP contribution in [0.5, 0.6) is 0 Å². The molecule has 0 radical (unpaired) electrons. The molecule has 14 heavy (non-hydrogen) atoms. The lowest BCUT2D eigenvalue weighted by Gasteiger charge is -2.04. The van der Waals surface area contributed by atoms with E-state index in [1.807, 2.05) is 0 Å². The zero-order valence-corrected chi connectivity index (χ0v) is 8.27. The third-order valence-electron chi connectivity index (χ3n) is 2.35. The van der Waals surface area contributed by atoms with Crippen LogP contribution in [-0.2, 0) is 0 Å². The van der Waals surface area contributed by atoms with Gasteiger partial charge in [-0.15, -0.1) is 5.10 Å². The minimum absolute atomic E-state index is 0.365. The van der Waals surface area contributed by atoms with Gasteiger partial charge in [-0.2, -0.15) is 0 Å². The van der Waals surface area contributed by atoms with Crippen LogP contribution in [0.1, 0.15) is 38.5 Å². The molecular formula is C9H12N4O. The van der Waals surface area contributed by atoms with Crippen LogP contribution >= 0.6 is 0 Å². The molecule has 0 spiro atoms. The largest absolute Gasteiger partial charge is 0.421 e. The van der Waals surface area contributed by atoms with Gasteiger partial charge in [-0.1, -0.05) is 18.9 Å². The van der Waals surface area contributed by atoms with Gasteiger partial charge < -0.3 is 4.42 Å². The van der Waals surface area contributed by atoms with E-state index in [2.05, 4.69) is 34.2 Å². The normalized spacial score (nSPS) is 11.4. The number of aromatic nitrogens is 4. The molecular weight excluding hydrogens is 180 g/mol. The number of hydrogen-bond donors (Lipinski definition) is 0. The Labute approximate surface area is 81.5 Å². The summed E-state index contributed by atoms with van der Waals surface area (Å²) < 4.78 is 5.49. The van der Waals surface area contributed by atoms with Crippen molar-refractivity contribution in [2.45, 2.75) is 32.6 Å². The van der Waals surface area contributed by atoms with Crippen LogP contribution in [-0.4, -0.2) is 20.4 Å². The van der Waals surface area contributed by atoms with E-state index in [0.717, 1.165) is 18.7 Å². The lowest BCUT2D eigenvalue weighted by molar-refractivity contribution is 0.446. The fourth-order valence-corrected chi connectivity index (χ4v) is 1.46. The molecule has 0 aromatic carbocycles. The molecule has 0 aliphatic carbocycles. The highest BCUT2D eigenvalue weighted by Gasteiger charge is 2.15. The van der Waals surface area contributed by atoms with Crippen molar-refractivity contribution in [1.82, 2.24) is 20.4 Å². The first-order valence-corrected chi connectivity index (χ1v) is 4.80. The lowest BCUT2D eigenvalue weighted by Crippen LogP contribution is -1.94. The number of fused-ring (bicyclic) bond motifs is 1. The molecule has 0 aliphatic heterocycles. The first-order valence-electron chi connectivity index (χ1n) is 4.80. The zero-order chi connectivity index (χ0) is 9.97. The molecule has 2 heterocycles. The van der Waals surface area contributed by atoms with Crippen LogP contribution in [0.4, 0.5) is 0 Å². The topological polar surface area (TPSA) is 64.7 Å². The predicted octanol–water partition coefficient (Wildman–Crippen LogP) is 1.92. The molecule has 5 heteroatoms.